The number of carbonyl (C=O) groups is 2. The van der Waals surface area contributed by atoms with Gasteiger partial charge in [-0.2, -0.15) is 0 Å². The number of rotatable bonds is 3. The summed E-state index contributed by atoms with van der Waals surface area (Å²) in [6.07, 6.45) is 0.317. The second-order valence-electron chi connectivity index (χ2n) is 6.16. The number of halogens is 3. The third-order valence-electron chi connectivity index (χ3n) is 4.52. The highest BCUT2D eigenvalue weighted by Crippen LogP contribution is 2.31. The summed E-state index contributed by atoms with van der Waals surface area (Å²) in [7, 11) is 0. The second-order valence-corrected chi connectivity index (χ2v) is 7.08. The van der Waals surface area contributed by atoms with Crippen LogP contribution >= 0.6 is 15.9 Å². The van der Waals surface area contributed by atoms with E-state index in [0.717, 1.165) is 10.5 Å². The largest absolute Gasteiger partial charge is 0.343 e. The van der Waals surface area contributed by atoms with Crippen molar-refractivity contribution in [3.63, 3.8) is 0 Å². The number of nitrogens with zero attached hydrogens (tertiary/aromatic N) is 1. The molecule has 0 radical (unpaired) electrons. The summed E-state index contributed by atoms with van der Waals surface area (Å²) in [5, 5.41) is 2.59. The highest BCUT2D eigenvalue weighted by molar-refractivity contribution is 9.10. The predicted octanol–water partition coefficient (Wildman–Crippen LogP) is 3.60. The maximum Gasteiger partial charge on any atom is 0.251 e. The van der Waals surface area contributed by atoms with E-state index in [4.69, 9.17) is 0 Å². The minimum atomic E-state index is -0.662. The maximum absolute atomic E-state index is 13.9. The Morgan fingerprint density at radius 3 is 2.77 bits per heavy atom. The number of fused-ring (bicyclic) bond motifs is 1. The van der Waals surface area contributed by atoms with Crippen molar-refractivity contribution in [3.05, 3.63) is 69.2 Å². The van der Waals surface area contributed by atoms with Crippen molar-refractivity contribution < 1.29 is 18.4 Å². The molecule has 0 bridgehead atoms. The standard InChI is InChI=1S/C19H17BrF2N2O2/c1-11-16-8-14(21)9-17(22)15(16)5-6-24(11)18(25)10-23-19(26)12-3-2-4-13(20)7-12/h2-4,7-9,11H,5-6,10H2,1H3,(H,23,26). The molecule has 1 aliphatic heterocycles. The lowest BCUT2D eigenvalue weighted by molar-refractivity contribution is -0.132. The molecule has 26 heavy (non-hydrogen) atoms. The van der Waals surface area contributed by atoms with Gasteiger partial charge in [0.1, 0.15) is 11.6 Å². The molecule has 1 aliphatic rings. The van der Waals surface area contributed by atoms with Gasteiger partial charge in [0.2, 0.25) is 5.91 Å². The molecule has 0 aromatic heterocycles. The molecule has 7 heteroatoms. The zero-order chi connectivity index (χ0) is 18.8. The van der Waals surface area contributed by atoms with Crippen LogP contribution in [0.1, 0.15) is 34.5 Å². The van der Waals surface area contributed by atoms with Crippen LogP contribution in [0.15, 0.2) is 40.9 Å². The van der Waals surface area contributed by atoms with Crippen LogP contribution < -0.4 is 5.32 Å². The smallest absolute Gasteiger partial charge is 0.251 e. The number of hydrogen-bond acceptors (Lipinski definition) is 2. The van der Waals surface area contributed by atoms with E-state index in [1.807, 2.05) is 0 Å². The van der Waals surface area contributed by atoms with Gasteiger partial charge in [-0.3, -0.25) is 9.59 Å². The molecule has 2 amide bonds. The summed E-state index contributed by atoms with van der Waals surface area (Å²) in [6.45, 7) is 1.87. The average Bonchev–Trinajstić information content (AvgIpc) is 2.60. The highest BCUT2D eigenvalue weighted by atomic mass is 79.9. The normalized spacial score (nSPS) is 16.2. The summed E-state index contributed by atoms with van der Waals surface area (Å²) < 4.78 is 28.2. The van der Waals surface area contributed by atoms with E-state index in [1.54, 1.807) is 31.2 Å². The van der Waals surface area contributed by atoms with E-state index in [0.29, 0.717) is 29.7 Å². The van der Waals surface area contributed by atoms with Crippen LogP contribution in [0.4, 0.5) is 8.78 Å². The molecule has 136 valence electrons. The monoisotopic (exact) mass is 422 g/mol. The van der Waals surface area contributed by atoms with Crippen LogP contribution in [0.3, 0.4) is 0 Å². The molecule has 0 spiro atoms. The molecule has 3 rings (SSSR count). The molecule has 2 aromatic rings. The topological polar surface area (TPSA) is 49.4 Å². The molecule has 1 N–H and O–H groups in total. The summed E-state index contributed by atoms with van der Waals surface area (Å²) in [6, 6.07) is 8.50. The number of benzene rings is 2. The number of hydrogen-bond donors (Lipinski definition) is 1. The van der Waals surface area contributed by atoms with Gasteiger partial charge < -0.3 is 10.2 Å². The lowest BCUT2D eigenvalue weighted by atomic mass is 9.93. The van der Waals surface area contributed by atoms with Gasteiger partial charge >= 0.3 is 0 Å². The quantitative estimate of drug-likeness (QED) is 0.821. The number of nitrogens with one attached hydrogen (secondary N) is 1. The molecule has 1 heterocycles. The lowest BCUT2D eigenvalue weighted by Gasteiger charge is -2.35. The van der Waals surface area contributed by atoms with Gasteiger partial charge in [0.15, 0.2) is 0 Å². The average molecular weight is 423 g/mol. The van der Waals surface area contributed by atoms with Crippen molar-refractivity contribution in [2.75, 3.05) is 13.1 Å². The molecule has 2 aromatic carbocycles. The van der Waals surface area contributed by atoms with Crippen molar-refractivity contribution in [2.24, 2.45) is 0 Å². The van der Waals surface area contributed by atoms with Crippen LogP contribution in [-0.2, 0) is 11.2 Å². The van der Waals surface area contributed by atoms with Gasteiger partial charge in [-0.25, -0.2) is 8.78 Å². The molecule has 1 atom stereocenters. The third-order valence-corrected chi connectivity index (χ3v) is 5.02. The van der Waals surface area contributed by atoms with Crippen molar-refractivity contribution in [1.29, 1.82) is 0 Å². The predicted molar refractivity (Wildman–Crippen MR) is 96.7 cm³/mol. The van der Waals surface area contributed by atoms with E-state index in [1.165, 1.54) is 11.0 Å². The minimum Gasteiger partial charge on any atom is -0.343 e. The Bertz CT molecular complexity index is 873. The summed E-state index contributed by atoms with van der Waals surface area (Å²) in [5.74, 6) is -1.90. The first-order valence-electron chi connectivity index (χ1n) is 8.18. The van der Waals surface area contributed by atoms with Gasteiger partial charge in [-0.1, -0.05) is 22.0 Å². The van der Waals surface area contributed by atoms with Crippen LogP contribution in [0.25, 0.3) is 0 Å². The first-order chi connectivity index (χ1) is 12.4. The van der Waals surface area contributed by atoms with Crippen molar-refractivity contribution in [2.45, 2.75) is 19.4 Å². The van der Waals surface area contributed by atoms with Gasteiger partial charge in [-0.05, 0) is 48.7 Å². The van der Waals surface area contributed by atoms with Crippen molar-refractivity contribution in [1.82, 2.24) is 10.2 Å². The van der Waals surface area contributed by atoms with E-state index in [9.17, 15) is 18.4 Å². The Balaban J connectivity index is 1.68. The van der Waals surface area contributed by atoms with E-state index < -0.39 is 17.7 Å². The van der Waals surface area contributed by atoms with Gasteiger partial charge in [-0.15, -0.1) is 0 Å². The minimum absolute atomic E-state index is 0.178. The van der Waals surface area contributed by atoms with E-state index in [-0.39, 0.29) is 18.4 Å². The van der Waals surface area contributed by atoms with E-state index in [2.05, 4.69) is 21.2 Å². The third kappa shape index (κ3) is 3.77. The van der Waals surface area contributed by atoms with Crippen molar-refractivity contribution in [3.8, 4) is 0 Å². The van der Waals surface area contributed by atoms with Crippen LogP contribution in [0.5, 0.6) is 0 Å². The maximum atomic E-state index is 13.9. The van der Waals surface area contributed by atoms with Gasteiger partial charge in [0.05, 0.1) is 12.6 Å². The number of amides is 2. The molecular weight excluding hydrogens is 406 g/mol. The summed E-state index contributed by atoms with van der Waals surface area (Å²) in [4.78, 5) is 26.2. The fraction of sp³-hybridized carbons (Fsp3) is 0.263. The second kappa shape index (κ2) is 7.53. The molecule has 0 saturated heterocycles. The molecule has 0 saturated carbocycles. The Hall–Kier alpha value is -2.28. The van der Waals surface area contributed by atoms with Crippen LogP contribution in [0.2, 0.25) is 0 Å². The Morgan fingerprint density at radius 2 is 2.04 bits per heavy atom. The first-order valence-corrected chi connectivity index (χ1v) is 8.97. The van der Waals surface area contributed by atoms with Crippen molar-refractivity contribution >= 4 is 27.7 Å². The lowest BCUT2D eigenvalue weighted by Crippen LogP contribution is -2.44. The Kier molecular flexibility index (Phi) is 5.36. The van der Waals surface area contributed by atoms with Gasteiger partial charge in [0.25, 0.3) is 5.91 Å². The molecule has 0 fully saturated rings. The SMILES string of the molecule is CC1c2cc(F)cc(F)c2CCN1C(=O)CNC(=O)c1cccc(Br)c1. The highest BCUT2D eigenvalue weighted by Gasteiger charge is 2.29. The first kappa shape index (κ1) is 18.5. The van der Waals surface area contributed by atoms with Gasteiger partial charge in [0, 0.05) is 22.6 Å². The number of carbonyl (C=O) groups excluding carboxylic acids is 2. The molecular formula is C19H17BrF2N2O2. The zero-order valence-electron chi connectivity index (χ0n) is 14.1. The van der Waals surface area contributed by atoms with Crippen LogP contribution in [0, 0.1) is 11.6 Å². The fourth-order valence-electron chi connectivity index (χ4n) is 3.18. The zero-order valence-corrected chi connectivity index (χ0v) is 15.6. The Morgan fingerprint density at radius 1 is 1.27 bits per heavy atom. The molecule has 1 unspecified atom stereocenters. The molecule has 4 nitrogen and oxygen atoms in total. The summed E-state index contributed by atoms with van der Waals surface area (Å²) >= 11 is 3.29. The van der Waals surface area contributed by atoms with Crippen LogP contribution in [-0.4, -0.2) is 29.8 Å². The Labute approximate surface area is 158 Å². The summed E-state index contributed by atoms with van der Waals surface area (Å²) in [5.41, 5.74) is 1.36. The van der Waals surface area contributed by atoms with E-state index >= 15 is 0 Å². The molecule has 0 aliphatic carbocycles. The fourth-order valence-corrected chi connectivity index (χ4v) is 3.58.